The van der Waals surface area contributed by atoms with Gasteiger partial charge in [0.2, 0.25) is 10.0 Å². The number of nitrogens with one attached hydrogen (secondary N) is 2. The summed E-state index contributed by atoms with van der Waals surface area (Å²) in [6.07, 6.45) is 0. The van der Waals surface area contributed by atoms with Crippen LogP contribution in [0.3, 0.4) is 0 Å². The molecule has 0 aromatic heterocycles. The van der Waals surface area contributed by atoms with Gasteiger partial charge in [0.15, 0.2) is 0 Å². The second-order valence-electron chi connectivity index (χ2n) is 4.99. The SMILES string of the molecule is COC(=O)CNS(=O)(=O)c1ccc(NS(=O)(=O)c2cccc(F)c2)cc1. The van der Waals surface area contributed by atoms with E-state index in [4.69, 9.17) is 0 Å². The van der Waals surface area contributed by atoms with Gasteiger partial charge >= 0.3 is 5.97 Å². The molecule has 140 valence electrons. The van der Waals surface area contributed by atoms with Gasteiger partial charge in [-0.15, -0.1) is 0 Å². The summed E-state index contributed by atoms with van der Waals surface area (Å²) >= 11 is 0. The maximum absolute atomic E-state index is 13.2. The zero-order chi connectivity index (χ0) is 19.4. The number of rotatable bonds is 7. The second-order valence-corrected chi connectivity index (χ2v) is 8.44. The fraction of sp³-hybridized carbons (Fsp3) is 0.133. The van der Waals surface area contributed by atoms with E-state index in [1.165, 1.54) is 24.3 Å². The third-order valence-corrected chi connectivity index (χ3v) is 5.95. The van der Waals surface area contributed by atoms with Gasteiger partial charge in [0.25, 0.3) is 10.0 Å². The van der Waals surface area contributed by atoms with Crippen molar-refractivity contribution in [2.24, 2.45) is 0 Å². The van der Waals surface area contributed by atoms with E-state index in [-0.39, 0.29) is 15.5 Å². The number of carbonyl (C=O) groups excluding carboxylic acids is 1. The number of sulfonamides is 2. The minimum Gasteiger partial charge on any atom is -0.468 e. The molecule has 0 radical (unpaired) electrons. The van der Waals surface area contributed by atoms with Gasteiger partial charge in [0.1, 0.15) is 12.4 Å². The normalized spacial score (nSPS) is 11.8. The molecule has 0 bridgehead atoms. The number of methoxy groups -OCH3 is 1. The van der Waals surface area contributed by atoms with Crippen LogP contribution in [0.4, 0.5) is 10.1 Å². The largest absolute Gasteiger partial charge is 0.468 e. The minimum absolute atomic E-state index is 0.0844. The molecule has 11 heteroatoms. The lowest BCUT2D eigenvalue weighted by atomic mass is 10.3. The molecular formula is C15H15FN2O6S2. The maximum atomic E-state index is 13.2. The van der Waals surface area contributed by atoms with Crippen LogP contribution < -0.4 is 9.44 Å². The van der Waals surface area contributed by atoms with E-state index >= 15 is 0 Å². The average molecular weight is 402 g/mol. The number of benzene rings is 2. The monoisotopic (exact) mass is 402 g/mol. The summed E-state index contributed by atoms with van der Waals surface area (Å²) in [7, 11) is -6.87. The standard InChI is InChI=1S/C15H15FN2O6S2/c1-24-15(19)10-17-25(20,21)13-7-5-12(6-8-13)18-26(22,23)14-4-2-3-11(16)9-14/h2-9,17-18H,10H2,1H3. The number of hydrogen-bond donors (Lipinski definition) is 2. The summed E-state index contributed by atoms with van der Waals surface area (Å²) in [5.74, 6) is -1.46. The van der Waals surface area contributed by atoms with Gasteiger partial charge in [0.05, 0.1) is 16.9 Å². The van der Waals surface area contributed by atoms with Gasteiger partial charge < -0.3 is 4.74 Å². The predicted octanol–water partition coefficient (Wildman–Crippen LogP) is 1.08. The Hall–Kier alpha value is -2.50. The number of carbonyl (C=O) groups is 1. The number of anilines is 1. The average Bonchev–Trinajstić information content (AvgIpc) is 2.60. The zero-order valence-electron chi connectivity index (χ0n) is 13.5. The molecule has 0 amide bonds. The summed E-state index contributed by atoms with van der Waals surface area (Å²) in [6, 6.07) is 9.21. The summed E-state index contributed by atoms with van der Waals surface area (Å²) in [5, 5.41) is 0. The van der Waals surface area contributed by atoms with Crippen molar-refractivity contribution in [3.8, 4) is 0 Å². The first-order chi connectivity index (χ1) is 12.1. The van der Waals surface area contributed by atoms with Gasteiger partial charge in [-0.05, 0) is 42.5 Å². The highest BCUT2D eigenvalue weighted by Crippen LogP contribution is 2.19. The summed E-state index contributed by atoms with van der Waals surface area (Å²) in [4.78, 5) is 10.6. The Morgan fingerprint density at radius 3 is 2.23 bits per heavy atom. The molecule has 8 nitrogen and oxygen atoms in total. The van der Waals surface area contributed by atoms with Crippen LogP contribution in [0.5, 0.6) is 0 Å². The molecule has 0 atom stereocenters. The van der Waals surface area contributed by atoms with E-state index in [1.54, 1.807) is 0 Å². The van der Waals surface area contributed by atoms with Gasteiger partial charge in [-0.25, -0.2) is 21.2 Å². The Bertz CT molecular complexity index is 1000. The first-order valence-electron chi connectivity index (χ1n) is 7.09. The summed E-state index contributed by atoms with van der Waals surface area (Å²) < 4.78 is 70.2. The number of esters is 1. The Labute approximate surface area is 150 Å². The van der Waals surface area contributed by atoms with Crippen LogP contribution >= 0.6 is 0 Å². The highest BCUT2D eigenvalue weighted by atomic mass is 32.2. The third kappa shape index (κ3) is 5.00. The molecule has 0 heterocycles. The smallest absolute Gasteiger partial charge is 0.320 e. The van der Waals surface area contributed by atoms with Gasteiger partial charge in [-0.1, -0.05) is 6.07 Å². The van der Waals surface area contributed by atoms with E-state index in [9.17, 15) is 26.0 Å². The molecular weight excluding hydrogens is 387 g/mol. The van der Waals surface area contributed by atoms with Gasteiger partial charge in [0, 0.05) is 5.69 Å². The fourth-order valence-corrected chi connectivity index (χ4v) is 3.92. The number of halogens is 1. The lowest BCUT2D eigenvalue weighted by Gasteiger charge is -2.10. The maximum Gasteiger partial charge on any atom is 0.320 e. The molecule has 26 heavy (non-hydrogen) atoms. The first-order valence-corrected chi connectivity index (χ1v) is 10.1. The van der Waals surface area contributed by atoms with Crippen LogP contribution in [0.1, 0.15) is 0 Å². The molecule has 2 N–H and O–H groups in total. The van der Waals surface area contributed by atoms with Crippen LogP contribution in [-0.4, -0.2) is 36.5 Å². The quantitative estimate of drug-likeness (QED) is 0.669. The number of hydrogen-bond acceptors (Lipinski definition) is 6. The van der Waals surface area contributed by atoms with Crippen LogP contribution in [0.2, 0.25) is 0 Å². The van der Waals surface area contributed by atoms with Crippen molar-refractivity contribution in [3.05, 3.63) is 54.3 Å². The van der Waals surface area contributed by atoms with Crippen LogP contribution in [0.25, 0.3) is 0 Å². The molecule has 0 saturated carbocycles. The number of ether oxygens (including phenoxy) is 1. The van der Waals surface area contributed by atoms with Crippen molar-refractivity contribution in [1.29, 1.82) is 0 Å². The predicted molar refractivity (Wildman–Crippen MR) is 90.9 cm³/mol. The summed E-state index contributed by atoms with van der Waals surface area (Å²) in [6.45, 7) is -0.535. The highest BCUT2D eigenvalue weighted by Gasteiger charge is 2.18. The van der Waals surface area contributed by atoms with Crippen LogP contribution in [0.15, 0.2) is 58.3 Å². The van der Waals surface area contributed by atoms with Crippen LogP contribution in [-0.2, 0) is 29.6 Å². The molecule has 0 unspecified atom stereocenters. The molecule has 0 aliphatic rings. The Balaban J connectivity index is 2.15. The van der Waals surface area contributed by atoms with Crippen molar-refractivity contribution < 1.29 is 30.8 Å². The van der Waals surface area contributed by atoms with E-state index in [1.807, 2.05) is 4.72 Å². The minimum atomic E-state index is -4.03. The fourth-order valence-electron chi connectivity index (χ4n) is 1.86. The lowest BCUT2D eigenvalue weighted by molar-refractivity contribution is -0.139. The first kappa shape index (κ1) is 19.8. The molecule has 0 fully saturated rings. The molecule has 0 aliphatic heterocycles. The van der Waals surface area contributed by atoms with Crippen molar-refractivity contribution >= 4 is 31.7 Å². The topological polar surface area (TPSA) is 119 Å². The zero-order valence-corrected chi connectivity index (χ0v) is 15.1. The van der Waals surface area contributed by atoms with E-state index in [0.717, 1.165) is 31.4 Å². The Morgan fingerprint density at radius 2 is 1.65 bits per heavy atom. The van der Waals surface area contributed by atoms with E-state index < -0.39 is 38.4 Å². The van der Waals surface area contributed by atoms with E-state index in [2.05, 4.69) is 9.46 Å². The molecule has 2 aromatic rings. The van der Waals surface area contributed by atoms with Gasteiger partial charge in [-0.3, -0.25) is 9.52 Å². The van der Waals surface area contributed by atoms with Crippen molar-refractivity contribution in [2.45, 2.75) is 9.79 Å². The lowest BCUT2D eigenvalue weighted by Crippen LogP contribution is -2.30. The second kappa shape index (κ2) is 7.81. The summed E-state index contributed by atoms with van der Waals surface area (Å²) in [5.41, 5.74) is 0.0844. The molecule has 0 saturated heterocycles. The van der Waals surface area contributed by atoms with Crippen molar-refractivity contribution in [1.82, 2.24) is 4.72 Å². The molecule has 0 aliphatic carbocycles. The van der Waals surface area contributed by atoms with Gasteiger partial charge in [-0.2, -0.15) is 4.72 Å². The highest BCUT2D eigenvalue weighted by molar-refractivity contribution is 7.92. The van der Waals surface area contributed by atoms with Crippen LogP contribution in [0, 0.1) is 5.82 Å². The Kier molecular flexibility index (Phi) is 5.95. The molecule has 2 aromatic carbocycles. The van der Waals surface area contributed by atoms with Crippen molar-refractivity contribution in [2.75, 3.05) is 18.4 Å². The van der Waals surface area contributed by atoms with Crippen molar-refractivity contribution in [3.63, 3.8) is 0 Å². The molecule has 0 spiro atoms. The molecule has 2 rings (SSSR count). The van der Waals surface area contributed by atoms with E-state index in [0.29, 0.717) is 0 Å². The third-order valence-electron chi connectivity index (χ3n) is 3.16. The Morgan fingerprint density at radius 1 is 1.00 bits per heavy atom.